The molecule has 1 fully saturated rings. The summed E-state index contributed by atoms with van der Waals surface area (Å²) in [6.07, 6.45) is 1.81. The topological polar surface area (TPSA) is 75.8 Å². The van der Waals surface area contributed by atoms with E-state index in [0.29, 0.717) is 17.3 Å². The highest BCUT2D eigenvalue weighted by Gasteiger charge is 2.47. The molecule has 0 bridgehead atoms. The van der Waals surface area contributed by atoms with Gasteiger partial charge in [0.05, 0.1) is 11.3 Å². The van der Waals surface area contributed by atoms with Gasteiger partial charge in [0, 0.05) is 53.9 Å². The fourth-order valence-corrected chi connectivity index (χ4v) is 5.26. The smallest absolute Gasteiger partial charge is 0.383 e. The fourth-order valence-electron chi connectivity index (χ4n) is 5.26. The summed E-state index contributed by atoms with van der Waals surface area (Å²) < 4.78 is 41.7. The maximum Gasteiger partial charge on any atom is 0.419 e. The number of nitrogen functional groups attached to an aromatic ring is 1. The molecule has 1 spiro atoms. The molecule has 0 aliphatic carbocycles. The highest BCUT2D eigenvalue weighted by atomic mass is 19.4. The van der Waals surface area contributed by atoms with E-state index < -0.39 is 17.6 Å². The van der Waals surface area contributed by atoms with Crippen LogP contribution in [0, 0.1) is 0 Å². The summed E-state index contributed by atoms with van der Waals surface area (Å²) in [4.78, 5) is 9.62. The second-order valence-corrected chi connectivity index (χ2v) is 8.59. The summed E-state index contributed by atoms with van der Waals surface area (Å²) in [6.45, 7) is 4.87. The standard InChI is InChI=1S/C22H25F3N6/c1-2-18(16-4-3-7-27-16)30-8-5-21(13-30)6-9-31-19(21)11-17(29-31)14-10-15(22(23,24)25)20(26)28-12-14/h3-4,7,10-12,18,27H,2,5-6,8-9,13H2,1H3,(H2,26,28)/t18?,21-/m1/s1. The molecule has 1 unspecified atom stereocenters. The van der Waals surface area contributed by atoms with Gasteiger partial charge in [-0.05, 0) is 50.1 Å². The Morgan fingerprint density at radius 1 is 1.26 bits per heavy atom. The summed E-state index contributed by atoms with van der Waals surface area (Å²) in [7, 11) is 0. The van der Waals surface area contributed by atoms with Gasteiger partial charge in [0.1, 0.15) is 5.82 Å². The second kappa shape index (κ2) is 7.12. The number of aromatic amines is 1. The molecule has 0 radical (unpaired) electrons. The van der Waals surface area contributed by atoms with E-state index in [-0.39, 0.29) is 5.41 Å². The van der Waals surface area contributed by atoms with Gasteiger partial charge < -0.3 is 10.7 Å². The number of halogens is 3. The number of nitrogens with two attached hydrogens (primary N) is 1. The molecule has 5 heterocycles. The SMILES string of the molecule is CCC(c1ccc[nH]1)N1CC[C@@]2(CCn3nc(-c4cnc(N)c(C(F)(F)F)c4)cc32)C1. The summed E-state index contributed by atoms with van der Waals surface area (Å²) in [5.74, 6) is -0.513. The third-order valence-corrected chi connectivity index (χ3v) is 6.84. The number of nitrogens with one attached hydrogen (secondary N) is 1. The first-order valence-corrected chi connectivity index (χ1v) is 10.6. The minimum Gasteiger partial charge on any atom is -0.383 e. The predicted octanol–water partition coefficient (Wildman–Crippen LogP) is 4.37. The van der Waals surface area contributed by atoms with Gasteiger partial charge in [-0.15, -0.1) is 0 Å². The molecule has 3 aromatic heterocycles. The van der Waals surface area contributed by atoms with Gasteiger partial charge in [-0.2, -0.15) is 18.3 Å². The number of pyridine rings is 1. The molecule has 0 aromatic carbocycles. The molecule has 2 atom stereocenters. The molecule has 1 saturated heterocycles. The van der Waals surface area contributed by atoms with Crippen molar-refractivity contribution in [3.63, 3.8) is 0 Å². The number of hydrogen-bond donors (Lipinski definition) is 2. The van der Waals surface area contributed by atoms with Crippen LogP contribution in [0.4, 0.5) is 19.0 Å². The summed E-state index contributed by atoms with van der Waals surface area (Å²) >= 11 is 0. The third kappa shape index (κ3) is 3.31. The van der Waals surface area contributed by atoms with Crippen LogP contribution in [0.2, 0.25) is 0 Å². The van der Waals surface area contributed by atoms with Gasteiger partial charge in [0.25, 0.3) is 0 Å². The number of fused-ring (bicyclic) bond motifs is 2. The summed E-state index contributed by atoms with van der Waals surface area (Å²) in [6, 6.07) is 7.48. The van der Waals surface area contributed by atoms with E-state index in [9.17, 15) is 13.2 Å². The van der Waals surface area contributed by atoms with Crippen molar-refractivity contribution in [2.75, 3.05) is 18.8 Å². The van der Waals surface area contributed by atoms with Crippen molar-refractivity contribution >= 4 is 5.82 Å². The average Bonchev–Trinajstić information content (AvgIpc) is 3.50. The normalized spacial score (nSPS) is 22.3. The number of anilines is 1. The van der Waals surface area contributed by atoms with E-state index in [1.54, 1.807) is 0 Å². The number of rotatable bonds is 4. The maximum absolute atomic E-state index is 13.3. The number of nitrogens with zero attached hydrogens (tertiary/aromatic N) is 4. The van der Waals surface area contributed by atoms with Gasteiger partial charge in [0.2, 0.25) is 0 Å². The molecule has 5 rings (SSSR count). The molecular formula is C22H25F3N6. The zero-order valence-electron chi connectivity index (χ0n) is 17.3. The van der Waals surface area contributed by atoms with Gasteiger partial charge in [-0.1, -0.05) is 6.92 Å². The number of likely N-dealkylation sites (tertiary alicyclic amines) is 1. The number of alkyl halides is 3. The lowest BCUT2D eigenvalue weighted by molar-refractivity contribution is -0.137. The molecule has 164 valence electrons. The zero-order chi connectivity index (χ0) is 21.8. The van der Waals surface area contributed by atoms with Crippen molar-refractivity contribution in [2.24, 2.45) is 0 Å². The lowest BCUT2D eigenvalue weighted by atomic mass is 9.82. The van der Waals surface area contributed by atoms with Gasteiger partial charge in [-0.3, -0.25) is 9.58 Å². The molecular weight excluding hydrogens is 405 g/mol. The first-order valence-electron chi connectivity index (χ1n) is 10.6. The molecule has 31 heavy (non-hydrogen) atoms. The summed E-state index contributed by atoms with van der Waals surface area (Å²) in [5.41, 5.74) is 7.70. The lowest BCUT2D eigenvalue weighted by Gasteiger charge is -2.29. The van der Waals surface area contributed by atoms with Crippen LogP contribution in [0.25, 0.3) is 11.3 Å². The van der Waals surface area contributed by atoms with E-state index in [1.807, 2.05) is 23.0 Å². The largest absolute Gasteiger partial charge is 0.419 e. The van der Waals surface area contributed by atoms with Crippen LogP contribution in [0.5, 0.6) is 0 Å². The highest BCUT2D eigenvalue weighted by molar-refractivity contribution is 5.63. The Hall–Kier alpha value is -2.81. The van der Waals surface area contributed by atoms with Crippen LogP contribution < -0.4 is 5.73 Å². The highest BCUT2D eigenvalue weighted by Crippen LogP contribution is 2.46. The van der Waals surface area contributed by atoms with Crippen molar-refractivity contribution in [1.82, 2.24) is 24.6 Å². The van der Waals surface area contributed by atoms with Crippen molar-refractivity contribution in [3.05, 3.63) is 53.6 Å². The van der Waals surface area contributed by atoms with Gasteiger partial charge in [0.15, 0.2) is 0 Å². The van der Waals surface area contributed by atoms with Gasteiger partial charge >= 0.3 is 6.18 Å². The zero-order valence-corrected chi connectivity index (χ0v) is 17.3. The maximum atomic E-state index is 13.3. The van der Waals surface area contributed by atoms with Crippen LogP contribution in [-0.4, -0.2) is 37.7 Å². The number of hydrogen-bond acceptors (Lipinski definition) is 4. The lowest BCUT2D eigenvalue weighted by Crippen LogP contribution is -2.31. The van der Waals surface area contributed by atoms with E-state index in [2.05, 4.69) is 33.0 Å². The van der Waals surface area contributed by atoms with E-state index in [4.69, 9.17) is 5.73 Å². The van der Waals surface area contributed by atoms with Crippen LogP contribution in [0.1, 0.15) is 49.2 Å². The van der Waals surface area contributed by atoms with E-state index in [0.717, 1.165) is 50.7 Å². The van der Waals surface area contributed by atoms with Crippen LogP contribution in [0.15, 0.2) is 36.7 Å². The van der Waals surface area contributed by atoms with Crippen LogP contribution >= 0.6 is 0 Å². The fraction of sp³-hybridized carbons (Fsp3) is 0.455. The minimum absolute atomic E-state index is 0.0145. The molecule has 2 aliphatic heterocycles. The van der Waals surface area contributed by atoms with E-state index in [1.165, 1.54) is 11.9 Å². The average molecular weight is 430 g/mol. The molecule has 9 heteroatoms. The van der Waals surface area contributed by atoms with Crippen molar-refractivity contribution in [3.8, 4) is 11.3 Å². The molecule has 6 nitrogen and oxygen atoms in total. The summed E-state index contributed by atoms with van der Waals surface area (Å²) in [5, 5.41) is 4.62. The third-order valence-electron chi connectivity index (χ3n) is 6.84. The number of H-pyrrole nitrogens is 1. The number of aromatic nitrogens is 4. The quantitative estimate of drug-likeness (QED) is 0.644. The molecule has 0 saturated carbocycles. The molecule has 2 aliphatic rings. The Kier molecular flexibility index (Phi) is 4.62. The Labute approximate surface area is 178 Å². The van der Waals surface area contributed by atoms with Crippen LogP contribution in [0.3, 0.4) is 0 Å². The molecule has 0 amide bonds. The first-order chi connectivity index (χ1) is 14.8. The Bertz CT molecular complexity index is 1090. The van der Waals surface area contributed by atoms with Crippen LogP contribution in [-0.2, 0) is 18.1 Å². The predicted molar refractivity (Wildman–Crippen MR) is 111 cm³/mol. The van der Waals surface area contributed by atoms with Crippen molar-refractivity contribution < 1.29 is 13.2 Å². The molecule has 3 N–H and O–H groups in total. The first kappa shape index (κ1) is 20.1. The second-order valence-electron chi connectivity index (χ2n) is 8.59. The van der Waals surface area contributed by atoms with Crippen molar-refractivity contribution in [2.45, 2.75) is 50.4 Å². The Morgan fingerprint density at radius 2 is 2.06 bits per heavy atom. The Morgan fingerprint density at radius 3 is 2.77 bits per heavy atom. The van der Waals surface area contributed by atoms with Gasteiger partial charge in [-0.25, -0.2) is 4.98 Å². The monoisotopic (exact) mass is 430 g/mol. The molecule has 3 aromatic rings. The van der Waals surface area contributed by atoms with E-state index >= 15 is 0 Å². The Balaban J connectivity index is 1.44. The van der Waals surface area contributed by atoms with Crippen molar-refractivity contribution in [1.29, 1.82) is 0 Å². The minimum atomic E-state index is -4.55. The number of aryl methyl sites for hydroxylation is 1.